The SMILES string of the molecule is CCC(C#Cc1ccccc1)C1(O)CCCCC1. The maximum Gasteiger partial charge on any atom is 0.0784 e. The van der Waals surface area contributed by atoms with Crippen LogP contribution in [0, 0.1) is 17.8 Å². The lowest BCUT2D eigenvalue weighted by Gasteiger charge is -2.36. The van der Waals surface area contributed by atoms with Gasteiger partial charge in [-0.25, -0.2) is 0 Å². The largest absolute Gasteiger partial charge is 0.389 e. The van der Waals surface area contributed by atoms with Crippen LogP contribution in [0.2, 0.25) is 0 Å². The van der Waals surface area contributed by atoms with Crippen molar-refractivity contribution in [3.63, 3.8) is 0 Å². The van der Waals surface area contributed by atoms with E-state index < -0.39 is 5.60 Å². The van der Waals surface area contributed by atoms with Crippen LogP contribution in [0.1, 0.15) is 51.0 Å². The van der Waals surface area contributed by atoms with Crippen LogP contribution in [0.4, 0.5) is 0 Å². The standard InChI is InChI=1S/C17H22O/c1-2-16(17(18)13-7-4-8-14-17)12-11-15-9-5-3-6-10-15/h3,5-6,9-10,16,18H,2,4,7-8,13-14H2,1H3. The quantitative estimate of drug-likeness (QED) is 0.783. The summed E-state index contributed by atoms with van der Waals surface area (Å²) in [6, 6.07) is 10.0. The first-order chi connectivity index (χ1) is 8.74. The number of hydrogen-bond donors (Lipinski definition) is 1. The first kappa shape index (κ1) is 13.2. The molecule has 1 heteroatoms. The van der Waals surface area contributed by atoms with Gasteiger partial charge in [0.25, 0.3) is 0 Å². The van der Waals surface area contributed by atoms with E-state index in [4.69, 9.17) is 0 Å². The molecule has 1 unspecified atom stereocenters. The molecule has 1 atom stereocenters. The van der Waals surface area contributed by atoms with Gasteiger partial charge >= 0.3 is 0 Å². The number of benzene rings is 1. The first-order valence-corrected chi connectivity index (χ1v) is 7.03. The molecular formula is C17H22O. The minimum atomic E-state index is -0.547. The third-order valence-electron chi connectivity index (χ3n) is 3.94. The van der Waals surface area contributed by atoms with Gasteiger partial charge in [-0.3, -0.25) is 0 Å². The van der Waals surface area contributed by atoms with E-state index in [2.05, 4.69) is 18.8 Å². The number of rotatable bonds is 2. The van der Waals surface area contributed by atoms with Crippen molar-refractivity contribution < 1.29 is 5.11 Å². The van der Waals surface area contributed by atoms with Crippen molar-refractivity contribution >= 4 is 0 Å². The van der Waals surface area contributed by atoms with Gasteiger partial charge in [0.05, 0.1) is 5.60 Å². The Morgan fingerprint density at radius 2 is 1.83 bits per heavy atom. The zero-order chi connectivity index (χ0) is 12.8. The molecule has 0 radical (unpaired) electrons. The normalized spacial score (nSPS) is 19.7. The third-order valence-corrected chi connectivity index (χ3v) is 3.94. The van der Waals surface area contributed by atoms with Crippen molar-refractivity contribution in [1.82, 2.24) is 0 Å². The zero-order valence-electron chi connectivity index (χ0n) is 11.2. The number of aliphatic hydroxyl groups is 1. The molecule has 0 amide bonds. The Kier molecular flexibility index (Phi) is 4.44. The summed E-state index contributed by atoms with van der Waals surface area (Å²) in [6.07, 6.45) is 6.28. The van der Waals surface area contributed by atoms with Crippen molar-refractivity contribution in [2.24, 2.45) is 5.92 Å². The summed E-state index contributed by atoms with van der Waals surface area (Å²) in [4.78, 5) is 0. The molecule has 1 aromatic rings. The van der Waals surface area contributed by atoms with Crippen LogP contribution in [-0.4, -0.2) is 10.7 Å². The molecule has 0 aliphatic heterocycles. The van der Waals surface area contributed by atoms with Crippen LogP contribution >= 0.6 is 0 Å². The van der Waals surface area contributed by atoms with Crippen molar-refractivity contribution in [2.45, 2.75) is 51.0 Å². The third kappa shape index (κ3) is 3.15. The molecule has 1 saturated carbocycles. The summed E-state index contributed by atoms with van der Waals surface area (Å²) in [5, 5.41) is 10.7. The summed E-state index contributed by atoms with van der Waals surface area (Å²) < 4.78 is 0. The van der Waals surface area contributed by atoms with E-state index in [1.807, 2.05) is 30.3 Å². The van der Waals surface area contributed by atoms with Crippen LogP contribution in [-0.2, 0) is 0 Å². The molecule has 0 heterocycles. The van der Waals surface area contributed by atoms with E-state index in [0.29, 0.717) is 0 Å². The summed E-state index contributed by atoms with van der Waals surface area (Å²) in [7, 11) is 0. The average molecular weight is 242 g/mol. The molecule has 0 spiro atoms. The Bertz CT molecular complexity index is 418. The summed E-state index contributed by atoms with van der Waals surface area (Å²) in [5.74, 6) is 6.61. The topological polar surface area (TPSA) is 20.2 Å². The highest BCUT2D eigenvalue weighted by Gasteiger charge is 2.35. The van der Waals surface area contributed by atoms with E-state index in [1.165, 1.54) is 6.42 Å². The molecule has 1 N–H and O–H groups in total. The molecule has 1 aliphatic carbocycles. The lowest BCUT2D eigenvalue weighted by Crippen LogP contribution is -2.39. The van der Waals surface area contributed by atoms with Crippen LogP contribution in [0.25, 0.3) is 0 Å². The van der Waals surface area contributed by atoms with E-state index in [-0.39, 0.29) is 5.92 Å². The molecular weight excluding hydrogens is 220 g/mol. The van der Waals surface area contributed by atoms with Crippen molar-refractivity contribution in [3.8, 4) is 11.8 Å². The summed E-state index contributed by atoms with van der Waals surface area (Å²) in [5.41, 5.74) is 0.491. The van der Waals surface area contributed by atoms with Crippen molar-refractivity contribution in [3.05, 3.63) is 35.9 Å². The fourth-order valence-electron chi connectivity index (χ4n) is 2.82. The van der Waals surface area contributed by atoms with E-state index >= 15 is 0 Å². The van der Waals surface area contributed by atoms with Crippen LogP contribution in [0.5, 0.6) is 0 Å². The highest BCUT2D eigenvalue weighted by atomic mass is 16.3. The fourth-order valence-corrected chi connectivity index (χ4v) is 2.82. The predicted molar refractivity (Wildman–Crippen MR) is 75.1 cm³/mol. The lowest BCUT2D eigenvalue weighted by atomic mass is 9.75. The van der Waals surface area contributed by atoms with E-state index in [1.54, 1.807) is 0 Å². The van der Waals surface area contributed by atoms with Gasteiger partial charge in [-0.15, -0.1) is 0 Å². The van der Waals surface area contributed by atoms with Gasteiger partial charge in [0.2, 0.25) is 0 Å². The minimum absolute atomic E-state index is 0.109. The molecule has 0 saturated heterocycles. The van der Waals surface area contributed by atoms with Crippen molar-refractivity contribution in [1.29, 1.82) is 0 Å². The molecule has 1 nitrogen and oxygen atoms in total. The monoisotopic (exact) mass is 242 g/mol. The average Bonchev–Trinajstić information content (AvgIpc) is 2.41. The Morgan fingerprint density at radius 3 is 2.44 bits per heavy atom. The van der Waals surface area contributed by atoms with Gasteiger partial charge in [0.15, 0.2) is 0 Å². The van der Waals surface area contributed by atoms with Crippen LogP contribution in [0.3, 0.4) is 0 Å². The Labute approximate surface area is 110 Å². The van der Waals surface area contributed by atoms with Gasteiger partial charge in [0, 0.05) is 11.5 Å². The van der Waals surface area contributed by atoms with E-state index in [0.717, 1.165) is 37.7 Å². The Hall–Kier alpha value is -1.26. The van der Waals surface area contributed by atoms with Gasteiger partial charge in [0.1, 0.15) is 0 Å². The second-order valence-corrected chi connectivity index (χ2v) is 5.26. The smallest absolute Gasteiger partial charge is 0.0784 e. The van der Waals surface area contributed by atoms with Gasteiger partial charge in [-0.05, 0) is 31.4 Å². The Balaban J connectivity index is 2.12. The lowest BCUT2D eigenvalue weighted by molar-refractivity contribution is -0.0309. The molecule has 0 bridgehead atoms. The maximum absolute atomic E-state index is 10.7. The van der Waals surface area contributed by atoms with E-state index in [9.17, 15) is 5.11 Å². The second-order valence-electron chi connectivity index (χ2n) is 5.26. The molecule has 1 aromatic carbocycles. The molecule has 1 fully saturated rings. The Morgan fingerprint density at radius 1 is 1.17 bits per heavy atom. The zero-order valence-corrected chi connectivity index (χ0v) is 11.2. The summed E-state index contributed by atoms with van der Waals surface area (Å²) >= 11 is 0. The maximum atomic E-state index is 10.7. The number of hydrogen-bond acceptors (Lipinski definition) is 1. The van der Waals surface area contributed by atoms with Gasteiger partial charge in [-0.1, -0.05) is 56.2 Å². The second kappa shape index (κ2) is 6.07. The van der Waals surface area contributed by atoms with Crippen molar-refractivity contribution in [2.75, 3.05) is 0 Å². The van der Waals surface area contributed by atoms with Crippen LogP contribution in [0.15, 0.2) is 30.3 Å². The molecule has 18 heavy (non-hydrogen) atoms. The van der Waals surface area contributed by atoms with Gasteiger partial charge < -0.3 is 5.11 Å². The molecule has 0 aromatic heterocycles. The molecule has 96 valence electrons. The minimum Gasteiger partial charge on any atom is -0.389 e. The fraction of sp³-hybridized carbons (Fsp3) is 0.529. The summed E-state index contributed by atoms with van der Waals surface area (Å²) in [6.45, 7) is 2.12. The van der Waals surface area contributed by atoms with Crippen LogP contribution < -0.4 is 0 Å². The highest BCUT2D eigenvalue weighted by Crippen LogP contribution is 2.35. The van der Waals surface area contributed by atoms with Gasteiger partial charge in [-0.2, -0.15) is 0 Å². The molecule has 2 rings (SSSR count). The predicted octanol–water partition coefficient (Wildman–Crippen LogP) is 3.76. The first-order valence-electron chi connectivity index (χ1n) is 7.03. The highest BCUT2D eigenvalue weighted by molar-refractivity contribution is 5.34. The molecule has 1 aliphatic rings.